The molecular formula is C20H31N7O6. The second-order valence-electron chi connectivity index (χ2n) is 7.27. The molecule has 11 N–H and O–H groups in total. The van der Waals surface area contributed by atoms with Crippen molar-refractivity contribution in [1.82, 2.24) is 16.0 Å². The molecule has 0 saturated heterocycles. The number of carboxylic acid groups (broad SMARTS) is 1. The third-order valence-electron chi connectivity index (χ3n) is 4.53. The van der Waals surface area contributed by atoms with E-state index < -0.39 is 41.8 Å². The van der Waals surface area contributed by atoms with Gasteiger partial charge in [0.1, 0.15) is 23.9 Å². The number of hydrogen-bond donors (Lipinski definition) is 8. The van der Waals surface area contributed by atoms with Crippen molar-refractivity contribution < 1.29 is 29.4 Å². The van der Waals surface area contributed by atoms with Crippen LogP contribution in [0.25, 0.3) is 0 Å². The summed E-state index contributed by atoms with van der Waals surface area (Å²) in [5.74, 6) is -3.27. The molecule has 13 nitrogen and oxygen atoms in total. The number of carbonyl (C=O) groups excluding carboxylic acids is 3. The van der Waals surface area contributed by atoms with Gasteiger partial charge in [-0.1, -0.05) is 12.1 Å². The maximum Gasteiger partial charge on any atom is 0.326 e. The van der Waals surface area contributed by atoms with Gasteiger partial charge in [-0.05, 0) is 37.5 Å². The molecule has 33 heavy (non-hydrogen) atoms. The molecule has 13 heteroatoms. The normalized spacial score (nSPS) is 13.2. The third-order valence-corrected chi connectivity index (χ3v) is 4.53. The number of benzene rings is 1. The largest absolute Gasteiger partial charge is 0.508 e. The highest BCUT2D eigenvalue weighted by Crippen LogP contribution is 2.11. The van der Waals surface area contributed by atoms with E-state index in [1.54, 1.807) is 12.1 Å². The van der Waals surface area contributed by atoms with Gasteiger partial charge in [-0.15, -0.1) is 0 Å². The van der Waals surface area contributed by atoms with Crippen LogP contribution in [0.3, 0.4) is 0 Å². The molecule has 1 rings (SSSR count). The van der Waals surface area contributed by atoms with Gasteiger partial charge in [0.2, 0.25) is 17.7 Å². The molecule has 3 unspecified atom stereocenters. The van der Waals surface area contributed by atoms with E-state index in [1.165, 1.54) is 19.1 Å². The van der Waals surface area contributed by atoms with E-state index >= 15 is 0 Å². The number of aliphatic imine (C=N–C) groups is 1. The Bertz CT molecular complexity index is 855. The lowest BCUT2D eigenvalue weighted by Crippen LogP contribution is -2.55. The molecule has 0 spiro atoms. The Balaban J connectivity index is 2.76. The minimum Gasteiger partial charge on any atom is -0.508 e. The lowest BCUT2D eigenvalue weighted by atomic mass is 10.0. The number of rotatable bonds is 13. The highest BCUT2D eigenvalue weighted by atomic mass is 16.4. The molecular weight excluding hydrogens is 434 g/mol. The average Bonchev–Trinajstić information content (AvgIpc) is 2.75. The smallest absolute Gasteiger partial charge is 0.326 e. The minimum absolute atomic E-state index is 0.0438. The van der Waals surface area contributed by atoms with Gasteiger partial charge < -0.3 is 43.4 Å². The van der Waals surface area contributed by atoms with Crippen molar-refractivity contribution >= 4 is 29.7 Å². The molecule has 1 aromatic rings. The molecule has 3 atom stereocenters. The Morgan fingerprint density at radius 1 is 1.00 bits per heavy atom. The van der Waals surface area contributed by atoms with Gasteiger partial charge >= 0.3 is 5.97 Å². The van der Waals surface area contributed by atoms with Crippen LogP contribution in [0.5, 0.6) is 5.75 Å². The predicted molar refractivity (Wildman–Crippen MR) is 120 cm³/mol. The van der Waals surface area contributed by atoms with Crippen LogP contribution < -0.4 is 33.2 Å². The number of nitrogens with one attached hydrogen (secondary N) is 3. The lowest BCUT2D eigenvalue weighted by Gasteiger charge is -2.22. The van der Waals surface area contributed by atoms with Crippen molar-refractivity contribution in [2.45, 2.75) is 44.3 Å². The molecule has 0 aliphatic heterocycles. The van der Waals surface area contributed by atoms with Gasteiger partial charge in [0.15, 0.2) is 5.96 Å². The quantitative estimate of drug-likeness (QED) is 0.0872. The number of carboxylic acids is 1. The van der Waals surface area contributed by atoms with Gasteiger partial charge in [-0.3, -0.25) is 19.4 Å². The number of phenols is 1. The van der Waals surface area contributed by atoms with Gasteiger partial charge in [-0.2, -0.15) is 0 Å². The fraction of sp³-hybridized carbons (Fsp3) is 0.450. The lowest BCUT2D eigenvalue weighted by molar-refractivity contribution is -0.142. The highest BCUT2D eigenvalue weighted by Gasteiger charge is 2.27. The van der Waals surface area contributed by atoms with Gasteiger partial charge in [-0.25, -0.2) is 4.79 Å². The van der Waals surface area contributed by atoms with E-state index in [1.807, 2.05) is 0 Å². The number of guanidine groups is 1. The topological polar surface area (TPSA) is 235 Å². The van der Waals surface area contributed by atoms with E-state index in [2.05, 4.69) is 20.9 Å². The van der Waals surface area contributed by atoms with Crippen LogP contribution in [-0.4, -0.2) is 71.1 Å². The summed E-state index contributed by atoms with van der Waals surface area (Å²) in [5.41, 5.74) is 16.4. The Morgan fingerprint density at radius 3 is 2.18 bits per heavy atom. The summed E-state index contributed by atoms with van der Waals surface area (Å²) in [6, 6.07) is 2.70. The van der Waals surface area contributed by atoms with E-state index in [0.29, 0.717) is 12.0 Å². The molecule has 0 aromatic heterocycles. The summed E-state index contributed by atoms with van der Waals surface area (Å²) >= 11 is 0. The molecule has 0 saturated carbocycles. The zero-order valence-corrected chi connectivity index (χ0v) is 18.3. The average molecular weight is 466 g/mol. The summed E-state index contributed by atoms with van der Waals surface area (Å²) in [5, 5.41) is 26.0. The number of hydrogen-bond acceptors (Lipinski definition) is 7. The van der Waals surface area contributed by atoms with Crippen molar-refractivity contribution in [3.8, 4) is 5.75 Å². The first kappa shape index (κ1) is 27.2. The number of phenolic OH excluding ortho intramolecular Hbond substituents is 1. The Morgan fingerprint density at radius 2 is 1.64 bits per heavy atom. The van der Waals surface area contributed by atoms with Crippen LogP contribution in [0.15, 0.2) is 29.3 Å². The molecule has 1 aromatic carbocycles. The first-order valence-corrected chi connectivity index (χ1v) is 10.2. The number of nitrogens with two attached hydrogens (primary N) is 3. The van der Waals surface area contributed by atoms with Crippen LogP contribution >= 0.6 is 0 Å². The number of nitrogens with zero attached hydrogens (tertiary/aromatic N) is 1. The summed E-state index contributed by atoms with van der Waals surface area (Å²) in [6.07, 6.45) is 0.471. The Hall–Kier alpha value is -3.87. The first-order chi connectivity index (χ1) is 15.5. The maximum atomic E-state index is 12.7. The van der Waals surface area contributed by atoms with E-state index in [4.69, 9.17) is 17.2 Å². The predicted octanol–water partition coefficient (Wildman–Crippen LogP) is -2.49. The SMILES string of the molecule is CC(NC(=O)C(Cc1ccc(O)cc1)NC(=O)CN)C(=O)NC(CCCN=C(N)N)C(=O)O. The summed E-state index contributed by atoms with van der Waals surface area (Å²) in [6.45, 7) is 1.25. The second-order valence-corrected chi connectivity index (χ2v) is 7.27. The van der Waals surface area contributed by atoms with Crippen LogP contribution in [0.1, 0.15) is 25.3 Å². The van der Waals surface area contributed by atoms with E-state index in [9.17, 15) is 29.4 Å². The molecule has 3 amide bonds. The number of aromatic hydroxyl groups is 1. The van der Waals surface area contributed by atoms with Crippen LogP contribution in [0.2, 0.25) is 0 Å². The molecule has 182 valence electrons. The number of carbonyl (C=O) groups is 4. The zero-order chi connectivity index (χ0) is 25.0. The van der Waals surface area contributed by atoms with E-state index in [0.717, 1.165) is 0 Å². The molecule has 0 aliphatic carbocycles. The van der Waals surface area contributed by atoms with Crippen molar-refractivity contribution in [3.63, 3.8) is 0 Å². The van der Waals surface area contributed by atoms with Crippen LogP contribution in [0.4, 0.5) is 0 Å². The van der Waals surface area contributed by atoms with Crippen molar-refractivity contribution in [3.05, 3.63) is 29.8 Å². The van der Waals surface area contributed by atoms with Crippen LogP contribution in [-0.2, 0) is 25.6 Å². The minimum atomic E-state index is -1.24. The van der Waals surface area contributed by atoms with Crippen LogP contribution in [0, 0.1) is 0 Å². The number of amides is 3. The van der Waals surface area contributed by atoms with Gasteiger partial charge in [0.25, 0.3) is 0 Å². The van der Waals surface area contributed by atoms with Crippen molar-refractivity contribution in [1.29, 1.82) is 0 Å². The molecule has 0 radical (unpaired) electrons. The van der Waals surface area contributed by atoms with Crippen molar-refractivity contribution in [2.75, 3.05) is 13.1 Å². The van der Waals surface area contributed by atoms with Gasteiger partial charge in [0, 0.05) is 13.0 Å². The monoisotopic (exact) mass is 465 g/mol. The summed E-state index contributed by atoms with van der Waals surface area (Å²) in [7, 11) is 0. The molecule has 0 heterocycles. The molecule has 0 aliphatic rings. The molecule has 0 bridgehead atoms. The standard InChI is InChI=1S/C20H31N7O6/c1-11(17(30)27-14(19(32)33)3-2-8-24-20(22)23)25-18(31)15(26-16(29)10-21)9-12-4-6-13(28)7-5-12/h4-7,11,14-15,28H,2-3,8-10,21H2,1H3,(H,25,31)(H,26,29)(H,27,30)(H,32,33)(H4,22,23,24). The first-order valence-electron chi connectivity index (χ1n) is 10.2. The highest BCUT2D eigenvalue weighted by molar-refractivity contribution is 5.93. The molecule has 0 fully saturated rings. The van der Waals surface area contributed by atoms with Gasteiger partial charge in [0.05, 0.1) is 6.54 Å². The fourth-order valence-corrected chi connectivity index (χ4v) is 2.77. The fourth-order valence-electron chi connectivity index (χ4n) is 2.77. The third kappa shape index (κ3) is 10.3. The van der Waals surface area contributed by atoms with E-state index in [-0.39, 0.29) is 37.6 Å². The number of aliphatic carboxylic acids is 1. The second kappa shape index (κ2) is 13.5. The Labute approximate surface area is 190 Å². The van der Waals surface area contributed by atoms with Crippen molar-refractivity contribution in [2.24, 2.45) is 22.2 Å². The summed E-state index contributed by atoms with van der Waals surface area (Å²) in [4.78, 5) is 52.1. The summed E-state index contributed by atoms with van der Waals surface area (Å²) < 4.78 is 0. The zero-order valence-electron chi connectivity index (χ0n) is 18.3. The maximum absolute atomic E-state index is 12.7. The Kier molecular flexibility index (Phi) is 11.1.